The van der Waals surface area contributed by atoms with Gasteiger partial charge in [-0.1, -0.05) is 6.07 Å². The molecule has 0 radical (unpaired) electrons. The van der Waals surface area contributed by atoms with E-state index in [4.69, 9.17) is 5.73 Å². The van der Waals surface area contributed by atoms with Gasteiger partial charge in [-0.3, -0.25) is 20.0 Å². The summed E-state index contributed by atoms with van der Waals surface area (Å²) < 4.78 is 0.428. The number of hydrogen-bond donors (Lipinski definition) is 4. The lowest BCUT2D eigenvalue weighted by Crippen LogP contribution is -2.24. The van der Waals surface area contributed by atoms with Crippen molar-refractivity contribution in [2.24, 2.45) is 0 Å². The summed E-state index contributed by atoms with van der Waals surface area (Å²) in [5, 5.41) is 15.8. The van der Waals surface area contributed by atoms with Crippen molar-refractivity contribution in [2.75, 3.05) is 5.73 Å². The molecule has 0 bridgehead atoms. The van der Waals surface area contributed by atoms with Crippen molar-refractivity contribution >= 4 is 27.7 Å². The molecule has 3 aromatic rings. The Kier molecular flexibility index (Phi) is 3.83. The van der Waals surface area contributed by atoms with Gasteiger partial charge in [0.1, 0.15) is 17.2 Å². The van der Waals surface area contributed by atoms with Gasteiger partial charge in [0.15, 0.2) is 11.6 Å². The lowest BCUT2D eigenvalue weighted by Gasteiger charge is -2.00. The summed E-state index contributed by atoms with van der Waals surface area (Å²) >= 11 is 3.19. The van der Waals surface area contributed by atoms with Crippen molar-refractivity contribution < 1.29 is 4.79 Å². The maximum Gasteiger partial charge on any atom is 0.270 e. The molecule has 3 heterocycles. The lowest BCUT2D eigenvalue weighted by atomic mass is 10.3. The third-order valence-corrected chi connectivity index (χ3v) is 3.60. The van der Waals surface area contributed by atoms with E-state index in [1.165, 1.54) is 0 Å². The number of carbonyl (C=O) groups excluding carboxylic acids is 1. The molecular formula is C12H11BrN8O. The predicted octanol–water partition coefficient (Wildman–Crippen LogP) is 0.864. The van der Waals surface area contributed by atoms with Crippen LogP contribution in [0.15, 0.2) is 28.9 Å². The van der Waals surface area contributed by atoms with Crippen molar-refractivity contribution in [3.63, 3.8) is 0 Å². The van der Waals surface area contributed by atoms with E-state index in [1.54, 1.807) is 12.3 Å². The Morgan fingerprint density at radius 1 is 1.32 bits per heavy atom. The topological polar surface area (TPSA) is 138 Å². The zero-order valence-electron chi connectivity index (χ0n) is 11.2. The van der Waals surface area contributed by atoms with E-state index in [0.717, 1.165) is 0 Å². The van der Waals surface area contributed by atoms with Gasteiger partial charge in [-0.2, -0.15) is 10.2 Å². The van der Waals surface area contributed by atoms with Gasteiger partial charge >= 0.3 is 0 Å². The molecule has 0 atom stereocenters. The molecule has 9 nitrogen and oxygen atoms in total. The Bertz CT molecular complexity index is 797. The first-order valence-corrected chi connectivity index (χ1v) is 7.04. The van der Waals surface area contributed by atoms with Crippen LogP contribution >= 0.6 is 15.9 Å². The summed E-state index contributed by atoms with van der Waals surface area (Å²) in [5.41, 5.74) is 6.45. The smallest absolute Gasteiger partial charge is 0.270 e. The summed E-state index contributed by atoms with van der Waals surface area (Å²) in [6, 6.07) is 5.46. The van der Waals surface area contributed by atoms with Crippen LogP contribution in [-0.4, -0.2) is 36.3 Å². The number of aromatic nitrogens is 6. The van der Waals surface area contributed by atoms with Crippen LogP contribution in [0.25, 0.3) is 11.5 Å². The first-order valence-electron chi connectivity index (χ1n) is 6.25. The van der Waals surface area contributed by atoms with Crippen LogP contribution < -0.4 is 11.1 Å². The van der Waals surface area contributed by atoms with Crippen LogP contribution in [0.1, 0.15) is 16.3 Å². The molecule has 0 aliphatic rings. The fourth-order valence-electron chi connectivity index (χ4n) is 1.73. The molecule has 22 heavy (non-hydrogen) atoms. The van der Waals surface area contributed by atoms with Crippen LogP contribution in [0.3, 0.4) is 0 Å². The minimum Gasteiger partial charge on any atom is -0.381 e. The standard InChI is InChI=1S/C12H11BrN8O/c13-8-9(19-20-10(8)14)12(22)16-5-7-17-11(21-18-7)6-3-1-2-4-15-6/h1-4H,5H2,(H,16,22)(H3,14,19,20)(H,17,18,21). The highest BCUT2D eigenvalue weighted by molar-refractivity contribution is 9.10. The summed E-state index contributed by atoms with van der Waals surface area (Å²) in [6.07, 6.45) is 1.66. The molecule has 3 aromatic heterocycles. The minimum atomic E-state index is -0.355. The van der Waals surface area contributed by atoms with E-state index < -0.39 is 0 Å². The number of nitrogens with two attached hydrogens (primary N) is 1. The summed E-state index contributed by atoms with van der Waals surface area (Å²) in [7, 11) is 0. The summed E-state index contributed by atoms with van der Waals surface area (Å²) in [4.78, 5) is 20.4. The first kappa shape index (κ1) is 14.2. The Morgan fingerprint density at radius 3 is 2.86 bits per heavy atom. The molecule has 3 rings (SSSR count). The monoisotopic (exact) mass is 362 g/mol. The van der Waals surface area contributed by atoms with E-state index in [2.05, 4.69) is 51.6 Å². The Morgan fingerprint density at radius 2 is 2.18 bits per heavy atom. The quantitative estimate of drug-likeness (QED) is 0.542. The number of amides is 1. The fraction of sp³-hybridized carbons (Fsp3) is 0.0833. The number of pyridine rings is 1. The van der Waals surface area contributed by atoms with Crippen molar-refractivity contribution in [3.05, 3.63) is 40.4 Å². The van der Waals surface area contributed by atoms with Crippen LogP contribution in [0.5, 0.6) is 0 Å². The number of halogens is 1. The molecule has 0 saturated heterocycles. The van der Waals surface area contributed by atoms with Gasteiger partial charge in [-0.05, 0) is 28.1 Å². The van der Waals surface area contributed by atoms with E-state index in [1.807, 2.05) is 12.1 Å². The molecule has 5 N–H and O–H groups in total. The summed E-state index contributed by atoms with van der Waals surface area (Å²) in [6.45, 7) is 0.185. The van der Waals surface area contributed by atoms with Gasteiger partial charge in [0.05, 0.1) is 11.0 Å². The number of nitrogens with zero attached hydrogens (tertiary/aromatic N) is 4. The molecule has 0 spiro atoms. The van der Waals surface area contributed by atoms with Gasteiger partial charge in [0.2, 0.25) is 0 Å². The highest BCUT2D eigenvalue weighted by Gasteiger charge is 2.16. The van der Waals surface area contributed by atoms with Gasteiger partial charge in [-0.15, -0.1) is 0 Å². The Balaban J connectivity index is 1.66. The third-order valence-electron chi connectivity index (χ3n) is 2.80. The van der Waals surface area contributed by atoms with Crippen molar-refractivity contribution in [2.45, 2.75) is 6.54 Å². The van der Waals surface area contributed by atoms with E-state index in [0.29, 0.717) is 21.8 Å². The number of H-pyrrole nitrogens is 2. The second kappa shape index (κ2) is 5.93. The number of carbonyl (C=O) groups is 1. The molecule has 10 heteroatoms. The van der Waals surface area contributed by atoms with Crippen molar-refractivity contribution in [1.29, 1.82) is 0 Å². The molecule has 0 aromatic carbocycles. The van der Waals surface area contributed by atoms with Crippen molar-refractivity contribution in [1.82, 2.24) is 35.7 Å². The zero-order valence-corrected chi connectivity index (χ0v) is 12.8. The Hall–Kier alpha value is -2.75. The van der Waals surface area contributed by atoms with E-state index in [9.17, 15) is 4.79 Å². The van der Waals surface area contributed by atoms with Gasteiger partial charge < -0.3 is 11.1 Å². The molecule has 112 valence electrons. The summed E-state index contributed by atoms with van der Waals surface area (Å²) in [5.74, 6) is 0.851. The number of aromatic amines is 2. The van der Waals surface area contributed by atoms with Crippen LogP contribution in [0.4, 0.5) is 5.82 Å². The normalized spacial score (nSPS) is 10.6. The lowest BCUT2D eigenvalue weighted by molar-refractivity contribution is 0.0944. The number of hydrogen-bond acceptors (Lipinski definition) is 6. The zero-order chi connectivity index (χ0) is 15.5. The largest absolute Gasteiger partial charge is 0.381 e. The number of nitrogen functional groups attached to an aromatic ring is 1. The van der Waals surface area contributed by atoms with Crippen molar-refractivity contribution in [3.8, 4) is 11.5 Å². The molecule has 0 unspecified atom stereocenters. The number of nitrogens with one attached hydrogen (secondary N) is 3. The molecule has 0 saturated carbocycles. The maximum atomic E-state index is 12.0. The van der Waals surface area contributed by atoms with Crippen LogP contribution in [-0.2, 0) is 6.54 Å². The highest BCUT2D eigenvalue weighted by atomic mass is 79.9. The average Bonchev–Trinajstić information content (AvgIpc) is 3.14. The first-order chi connectivity index (χ1) is 10.6. The van der Waals surface area contributed by atoms with Gasteiger partial charge in [0, 0.05) is 6.20 Å². The Labute approximate surface area is 132 Å². The molecule has 0 fully saturated rings. The molecule has 1 amide bonds. The average molecular weight is 363 g/mol. The minimum absolute atomic E-state index is 0.185. The van der Waals surface area contributed by atoms with E-state index >= 15 is 0 Å². The van der Waals surface area contributed by atoms with Crippen LogP contribution in [0, 0.1) is 0 Å². The van der Waals surface area contributed by atoms with Crippen LogP contribution in [0.2, 0.25) is 0 Å². The fourth-order valence-corrected chi connectivity index (χ4v) is 2.09. The SMILES string of the molecule is Nc1n[nH]c(C(=O)NCc2nc(-c3ccccn3)n[nH]2)c1Br. The van der Waals surface area contributed by atoms with E-state index in [-0.39, 0.29) is 24.0 Å². The highest BCUT2D eigenvalue weighted by Crippen LogP contribution is 2.20. The molecule has 0 aliphatic carbocycles. The number of rotatable bonds is 4. The van der Waals surface area contributed by atoms with Gasteiger partial charge in [0.25, 0.3) is 5.91 Å². The molecule has 0 aliphatic heterocycles. The number of anilines is 1. The molecular weight excluding hydrogens is 352 g/mol. The third kappa shape index (κ3) is 2.81. The predicted molar refractivity (Wildman–Crippen MR) is 81.5 cm³/mol. The second-order valence-corrected chi connectivity index (χ2v) is 5.09. The maximum absolute atomic E-state index is 12.0. The van der Waals surface area contributed by atoms with Gasteiger partial charge in [-0.25, -0.2) is 4.98 Å². The second-order valence-electron chi connectivity index (χ2n) is 4.30.